The first-order valence-electron chi connectivity index (χ1n) is 26.2. The van der Waals surface area contributed by atoms with Gasteiger partial charge in [0, 0.05) is 28.3 Å². The molecular weight excluding hydrogens is 1020 g/mol. The van der Waals surface area contributed by atoms with Crippen molar-refractivity contribution in [2.24, 2.45) is 34.4 Å². The summed E-state index contributed by atoms with van der Waals surface area (Å²) in [5.74, 6) is -4.67. The van der Waals surface area contributed by atoms with E-state index in [9.17, 15) is 38.4 Å². The zero-order valence-corrected chi connectivity index (χ0v) is 45.1. The quantitative estimate of drug-likeness (QED) is 0.0299. The van der Waals surface area contributed by atoms with Gasteiger partial charge in [0.05, 0.1) is 44.1 Å². The van der Waals surface area contributed by atoms with Crippen LogP contribution >= 0.6 is 0 Å². The summed E-state index contributed by atoms with van der Waals surface area (Å²) in [7, 11) is 4.08. The molecule has 0 saturated carbocycles. The van der Waals surface area contributed by atoms with E-state index in [2.05, 4.69) is 37.2 Å². The number of nitrogens with one attached hydrogen (secondary N) is 7. The lowest BCUT2D eigenvalue weighted by atomic mass is 10.1. The van der Waals surface area contributed by atoms with E-state index < -0.39 is 71.4 Å². The maximum atomic E-state index is 14.2. The van der Waals surface area contributed by atoms with Crippen LogP contribution in [0.5, 0.6) is 17.2 Å². The van der Waals surface area contributed by atoms with Crippen molar-refractivity contribution in [2.45, 2.75) is 101 Å². The van der Waals surface area contributed by atoms with Gasteiger partial charge in [0.2, 0.25) is 29.5 Å². The van der Waals surface area contributed by atoms with Gasteiger partial charge in [-0.25, -0.2) is 0 Å². The summed E-state index contributed by atoms with van der Waals surface area (Å²) >= 11 is 0. The van der Waals surface area contributed by atoms with E-state index in [1.54, 1.807) is 18.2 Å². The standard InChI is InChI=1S/C55H77N13O11/c1-77-45-22-19-35(62-52(73)41(60)15-4-8-25-56)30-38(45)49(70)67-43(17-6-10-27-58)54(75)64-37-21-24-47(79-3)40(32-37)51(72)68-44(18-7-11-28-59)55(76)65-36-20-23-46(78-2)39(31-36)50(71)66-42(16-5-9-26-57)53(74)63-34-14-12-13-33(29-34)48(61)69/h12-14,19-24,29-32,41-44H,4-11,15-18,25-28,56-60H2,1-3H3,(H2,61,69)(H,62,73)(H,63,74)(H,64,75)(H,65,76)(H,66,71)(H,67,70)(H,68,72). The number of primary amides is 1. The number of nitrogens with two attached hydrogens (primary N) is 6. The number of hydrogen-bond acceptors (Lipinski definition) is 16. The molecule has 0 spiro atoms. The second-order valence-corrected chi connectivity index (χ2v) is 18.5. The molecule has 0 aliphatic carbocycles. The molecule has 0 radical (unpaired) electrons. The van der Waals surface area contributed by atoms with E-state index in [0.29, 0.717) is 84.0 Å². The molecule has 4 aromatic rings. The van der Waals surface area contributed by atoms with Crippen molar-refractivity contribution < 1.29 is 52.6 Å². The smallest absolute Gasteiger partial charge is 0.255 e. The Labute approximate surface area is 459 Å². The van der Waals surface area contributed by atoms with Crippen molar-refractivity contribution >= 4 is 70.0 Å². The third-order valence-electron chi connectivity index (χ3n) is 12.6. The van der Waals surface area contributed by atoms with E-state index in [1.807, 2.05) is 0 Å². The number of amides is 8. The van der Waals surface area contributed by atoms with Crippen LogP contribution < -0.4 is 85.8 Å². The van der Waals surface area contributed by atoms with E-state index in [-0.39, 0.29) is 81.5 Å². The summed E-state index contributed by atoms with van der Waals surface area (Å²) in [4.78, 5) is 108. The number of ether oxygens (including phenoxy) is 3. The van der Waals surface area contributed by atoms with E-state index in [0.717, 1.165) is 0 Å². The van der Waals surface area contributed by atoms with E-state index in [1.165, 1.54) is 82.0 Å². The van der Waals surface area contributed by atoms with Gasteiger partial charge in [-0.1, -0.05) is 12.5 Å². The molecule has 4 unspecified atom stereocenters. The summed E-state index contributed by atoms with van der Waals surface area (Å²) in [5.41, 5.74) is 35.4. The fraction of sp³-hybridized carbons (Fsp3) is 0.418. The highest BCUT2D eigenvalue weighted by molar-refractivity contribution is 6.07. The average Bonchev–Trinajstić information content (AvgIpc) is 3.46. The minimum Gasteiger partial charge on any atom is -0.496 e. The van der Waals surface area contributed by atoms with Crippen LogP contribution in [0.15, 0.2) is 78.9 Å². The molecule has 4 rings (SSSR count). The molecule has 0 saturated heterocycles. The third-order valence-corrected chi connectivity index (χ3v) is 12.6. The number of carbonyl (C=O) groups is 8. The Morgan fingerprint density at radius 3 is 1.05 bits per heavy atom. The molecule has 8 amide bonds. The first kappa shape index (κ1) is 63.4. The number of anilines is 4. The van der Waals surface area contributed by atoms with Gasteiger partial charge in [-0.3, -0.25) is 38.4 Å². The van der Waals surface area contributed by atoms with Crippen molar-refractivity contribution in [1.82, 2.24) is 16.0 Å². The number of hydrogen-bond donors (Lipinski definition) is 13. The van der Waals surface area contributed by atoms with E-state index in [4.69, 9.17) is 48.6 Å². The summed E-state index contributed by atoms with van der Waals surface area (Å²) in [6.45, 7) is 1.49. The maximum Gasteiger partial charge on any atom is 0.255 e. The Hall–Kier alpha value is -8.16. The highest BCUT2D eigenvalue weighted by atomic mass is 16.5. The molecule has 24 heteroatoms. The van der Waals surface area contributed by atoms with Crippen LogP contribution in [0.25, 0.3) is 0 Å². The molecule has 0 bridgehead atoms. The SMILES string of the molecule is COc1ccc(NC(=O)C(N)CCCCN)cc1C(=O)NC(CCCCN)C(=O)Nc1ccc(OC)c(C(=O)NC(CCCCN)C(=O)Nc2ccc(OC)c(C(=O)NC(CCCCN)C(=O)Nc3cccc(C(N)=O)c3)c2)c1. The highest BCUT2D eigenvalue weighted by Gasteiger charge is 2.28. The van der Waals surface area contributed by atoms with Gasteiger partial charge in [-0.05, 0) is 170 Å². The Kier molecular flexibility index (Phi) is 26.6. The minimum absolute atomic E-state index is 0.0217. The molecule has 4 aromatic carbocycles. The van der Waals surface area contributed by atoms with E-state index >= 15 is 0 Å². The van der Waals surface area contributed by atoms with Gasteiger partial charge in [-0.2, -0.15) is 0 Å². The number of unbranched alkanes of at least 4 members (excludes halogenated alkanes) is 4. The van der Waals surface area contributed by atoms with Gasteiger partial charge in [0.1, 0.15) is 35.4 Å². The molecule has 0 aliphatic rings. The number of carbonyl (C=O) groups excluding carboxylic acids is 8. The van der Waals surface area contributed by atoms with Gasteiger partial charge in [0.15, 0.2) is 0 Å². The molecule has 24 nitrogen and oxygen atoms in total. The number of benzene rings is 4. The summed E-state index contributed by atoms with van der Waals surface area (Å²) in [5, 5.41) is 19.3. The second kappa shape index (κ2) is 33.2. The Balaban J connectivity index is 1.54. The molecular formula is C55H77N13O11. The lowest BCUT2D eigenvalue weighted by Crippen LogP contribution is -2.44. The monoisotopic (exact) mass is 1100 g/mol. The Morgan fingerprint density at radius 2 is 0.734 bits per heavy atom. The zero-order valence-electron chi connectivity index (χ0n) is 45.1. The van der Waals surface area contributed by atoms with Crippen LogP contribution in [0.3, 0.4) is 0 Å². The van der Waals surface area contributed by atoms with Gasteiger partial charge < -0.3 is 85.8 Å². The average molecular weight is 1100 g/mol. The van der Waals surface area contributed by atoms with Crippen LogP contribution in [0, 0.1) is 0 Å². The summed E-state index contributed by atoms with van der Waals surface area (Å²) in [6.07, 6.45) is 5.37. The van der Waals surface area contributed by atoms with Gasteiger partial charge >= 0.3 is 0 Å². The lowest BCUT2D eigenvalue weighted by Gasteiger charge is -2.22. The largest absolute Gasteiger partial charge is 0.496 e. The predicted molar refractivity (Wildman–Crippen MR) is 302 cm³/mol. The van der Waals surface area contributed by atoms with Crippen molar-refractivity contribution in [1.29, 1.82) is 0 Å². The van der Waals surface area contributed by atoms with Crippen molar-refractivity contribution in [3.8, 4) is 17.2 Å². The highest BCUT2D eigenvalue weighted by Crippen LogP contribution is 2.27. The lowest BCUT2D eigenvalue weighted by molar-refractivity contribution is -0.118. The molecule has 0 aliphatic heterocycles. The number of methoxy groups -OCH3 is 3. The maximum absolute atomic E-state index is 14.2. The Morgan fingerprint density at radius 1 is 0.418 bits per heavy atom. The predicted octanol–water partition coefficient (Wildman–Crippen LogP) is 2.80. The molecule has 0 fully saturated rings. The third kappa shape index (κ3) is 20.0. The molecule has 79 heavy (non-hydrogen) atoms. The first-order chi connectivity index (χ1) is 38.0. The van der Waals surface area contributed by atoms with Gasteiger partial charge in [0.25, 0.3) is 17.7 Å². The topological polar surface area (TPSA) is 405 Å². The molecule has 0 heterocycles. The molecule has 0 aromatic heterocycles. The first-order valence-corrected chi connectivity index (χ1v) is 26.2. The summed E-state index contributed by atoms with van der Waals surface area (Å²) < 4.78 is 16.5. The second-order valence-electron chi connectivity index (χ2n) is 18.5. The summed E-state index contributed by atoms with van der Waals surface area (Å²) in [6, 6.07) is 15.1. The Bertz CT molecular complexity index is 2720. The zero-order chi connectivity index (χ0) is 57.9. The van der Waals surface area contributed by atoms with Crippen LogP contribution in [-0.4, -0.2) is 119 Å². The normalized spacial score (nSPS) is 12.4. The molecule has 428 valence electrons. The van der Waals surface area contributed by atoms with Crippen LogP contribution in [0.4, 0.5) is 22.7 Å². The number of rotatable bonds is 34. The van der Waals surface area contributed by atoms with Crippen molar-refractivity contribution in [2.75, 3.05) is 68.8 Å². The van der Waals surface area contributed by atoms with Crippen LogP contribution in [0.1, 0.15) is 118 Å². The van der Waals surface area contributed by atoms with Crippen LogP contribution in [0.2, 0.25) is 0 Å². The fourth-order valence-corrected chi connectivity index (χ4v) is 8.20. The fourth-order valence-electron chi connectivity index (χ4n) is 8.20. The molecule has 4 atom stereocenters. The van der Waals surface area contributed by atoms with Gasteiger partial charge in [-0.15, -0.1) is 0 Å². The minimum atomic E-state index is -1.16. The van der Waals surface area contributed by atoms with Crippen molar-refractivity contribution in [3.63, 3.8) is 0 Å². The molecule has 19 N–H and O–H groups in total. The van der Waals surface area contributed by atoms with Crippen molar-refractivity contribution in [3.05, 3.63) is 101 Å². The van der Waals surface area contributed by atoms with Crippen LogP contribution in [-0.2, 0) is 19.2 Å².